The summed E-state index contributed by atoms with van der Waals surface area (Å²) in [6, 6.07) is 5.66. The predicted molar refractivity (Wildman–Crippen MR) is 76.6 cm³/mol. The number of hydrogen-bond acceptors (Lipinski definition) is 4. The Labute approximate surface area is 120 Å². The van der Waals surface area contributed by atoms with Crippen LogP contribution in [-0.4, -0.2) is 18.4 Å². The lowest BCUT2D eigenvalue weighted by Crippen LogP contribution is -2.21. The van der Waals surface area contributed by atoms with Gasteiger partial charge in [-0.1, -0.05) is 11.6 Å². The minimum absolute atomic E-state index is 0.0303. The van der Waals surface area contributed by atoms with Crippen LogP contribution < -0.4 is 10.3 Å². The van der Waals surface area contributed by atoms with Gasteiger partial charge in [0, 0.05) is 16.3 Å². The van der Waals surface area contributed by atoms with Crippen LogP contribution in [0.5, 0.6) is 0 Å². The van der Waals surface area contributed by atoms with Crippen LogP contribution >= 0.6 is 11.6 Å². The van der Waals surface area contributed by atoms with Gasteiger partial charge in [-0.05, 0) is 38.1 Å². The van der Waals surface area contributed by atoms with Crippen molar-refractivity contribution in [1.82, 2.24) is 9.97 Å². The van der Waals surface area contributed by atoms with E-state index in [0.717, 1.165) is 0 Å². The van der Waals surface area contributed by atoms with Gasteiger partial charge in [0.15, 0.2) is 0 Å². The molecule has 0 spiro atoms. The number of anilines is 1. The molecule has 2 aromatic rings. The molecule has 2 N–H and O–H groups in total. The lowest BCUT2D eigenvalue weighted by Gasteiger charge is -2.08. The Kier molecular flexibility index (Phi) is 3.82. The summed E-state index contributed by atoms with van der Waals surface area (Å²) in [6.07, 6.45) is 0. The number of aryl methyl sites for hydroxylation is 1. The molecule has 20 heavy (non-hydrogen) atoms. The molecule has 1 aromatic heterocycles. The van der Waals surface area contributed by atoms with Gasteiger partial charge >= 0.3 is 0 Å². The first-order valence-electron chi connectivity index (χ1n) is 5.65. The van der Waals surface area contributed by atoms with Gasteiger partial charge in [-0.3, -0.25) is 9.78 Å². The number of nitrogens with one attached hydrogen (secondary N) is 2. The molecule has 6 nitrogen and oxygen atoms in total. The lowest BCUT2D eigenvalue weighted by atomic mass is 10.3. The second-order valence-corrected chi connectivity index (χ2v) is 6.30. The van der Waals surface area contributed by atoms with E-state index in [0.29, 0.717) is 16.3 Å². The molecule has 0 unspecified atom stereocenters. The molecule has 106 valence electrons. The topological polar surface area (TPSA) is 91.9 Å². The van der Waals surface area contributed by atoms with Crippen molar-refractivity contribution >= 4 is 27.6 Å². The summed E-state index contributed by atoms with van der Waals surface area (Å²) in [5, 5.41) is 0.432. The van der Waals surface area contributed by atoms with E-state index >= 15 is 0 Å². The zero-order chi connectivity index (χ0) is 14.9. The predicted octanol–water partition coefficient (Wildman–Crippen LogP) is 1.84. The third-order valence-electron chi connectivity index (χ3n) is 2.75. The van der Waals surface area contributed by atoms with Crippen molar-refractivity contribution in [3.8, 4) is 0 Å². The zero-order valence-electron chi connectivity index (χ0n) is 10.8. The van der Waals surface area contributed by atoms with Crippen LogP contribution in [0.1, 0.15) is 11.3 Å². The van der Waals surface area contributed by atoms with Crippen molar-refractivity contribution < 1.29 is 8.42 Å². The van der Waals surface area contributed by atoms with Crippen LogP contribution in [0, 0.1) is 13.8 Å². The molecular weight excluding hydrogens is 302 g/mol. The van der Waals surface area contributed by atoms with Gasteiger partial charge in [-0.15, -0.1) is 0 Å². The Morgan fingerprint density at radius 1 is 1.20 bits per heavy atom. The van der Waals surface area contributed by atoms with Gasteiger partial charge in [0.25, 0.3) is 15.6 Å². The van der Waals surface area contributed by atoms with Crippen LogP contribution in [0.3, 0.4) is 0 Å². The van der Waals surface area contributed by atoms with Crippen LogP contribution in [0.15, 0.2) is 34.0 Å². The molecule has 1 aromatic carbocycles. The monoisotopic (exact) mass is 313 g/mol. The van der Waals surface area contributed by atoms with E-state index in [1.807, 2.05) is 0 Å². The number of nitrogens with zero attached hydrogens (tertiary/aromatic N) is 1. The quantitative estimate of drug-likeness (QED) is 0.904. The molecule has 0 aliphatic rings. The van der Waals surface area contributed by atoms with Gasteiger partial charge in [0.05, 0.1) is 4.90 Å². The highest BCUT2D eigenvalue weighted by Gasteiger charge is 2.16. The van der Waals surface area contributed by atoms with E-state index in [9.17, 15) is 13.2 Å². The first-order chi connectivity index (χ1) is 9.29. The summed E-state index contributed by atoms with van der Waals surface area (Å²) >= 11 is 5.71. The summed E-state index contributed by atoms with van der Waals surface area (Å²) in [5.74, 6) is -0.118. The molecule has 0 atom stereocenters. The molecule has 0 fully saturated rings. The highest BCUT2D eigenvalue weighted by molar-refractivity contribution is 7.92. The first-order valence-corrected chi connectivity index (χ1v) is 7.51. The summed E-state index contributed by atoms with van der Waals surface area (Å²) in [4.78, 5) is 18.0. The third kappa shape index (κ3) is 3.00. The molecule has 0 aliphatic heterocycles. The van der Waals surface area contributed by atoms with Crippen molar-refractivity contribution in [3.05, 3.63) is 50.9 Å². The number of halogens is 1. The van der Waals surface area contributed by atoms with Crippen LogP contribution in [0.2, 0.25) is 5.02 Å². The van der Waals surface area contributed by atoms with Gasteiger partial charge in [0.1, 0.15) is 0 Å². The summed E-state index contributed by atoms with van der Waals surface area (Å²) < 4.78 is 26.4. The maximum Gasteiger partial charge on any atom is 0.264 e. The van der Waals surface area contributed by atoms with E-state index in [1.165, 1.54) is 24.3 Å². The second kappa shape index (κ2) is 5.26. The average molecular weight is 314 g/mol. The number of aromatic nitrogens is 2. The van der Waals surface area contributed by atoms with Crippen molar-refractivity contribution in [2.75, 3.05) is 4.72 Å². The molecule has 2 rings (SSSR count). The van der Waals surface area contributed by atoms with Crippen LogP contribution in [0.25, 0.3) is 0 Å². The minimum Gasteiger partial charge on any atom is -0.292 e. The summed E-state index contributed by atoms with van der Waals surface area (Å²) in [7, 11) is -3.82. The molecule has 0 radical (unpaired) electrons. The van der Waals surface area contributed by atoms with Crippen molar-refractivity contribution in [2.24, 2.45) is 0 Å². The Balaban J connectivity index is 2.38. The number of hydrogen-bond donors (Lipinski definition) is 2. The Morgan fingerprint density at radius 3 is 2.35 bits per heavy atom. The minimum atomic E-state index is -3.82. The van der Waals surface area contributed by atoms with Crippen LogP contribution in [-0.2, 0) is 10.0 Å². The Bertz CT molecular complexity index is 798. The van der Waals surface area contributed by atoms with Crippen molar-refractivity contribution in [1.29, 1.82) is 0 Å². The molecule has 1 heterocycles. The number of sulfonamides is 1. The van der Waals surface area contributed by atoms with Gasteiger partial charge in [0.2, 0.25) is 5.95 Å². The number of benzene rings is 1. The number of aromatic amines is 1. The Hall–Kier alpha value is -1.86. The smallest absolute Gasteiger partial charge is 0.264 e. The fourth-order valence-corrected chi connectivity index (χ4v) is 2.58. The third-order valence-corrected chi connectivity index (χ3v) is 4.36. The van der Waals surface area contributed by atoms with E-state index in [2.05, 4.69) is 14.7 Å². The van der Waals surface area contributed by atoms with E-state index < -0.39 is 10.0 Å². The van der Waals surface area contributed by atoms with Gasteiger partial charge in [-0.25, -0.2) is 18.1 Å². The van der Waals surface area contributed by atoms with Crippen molar-refractivity contribution in [3.63, 3.8) is 0 Å². The standard InChI is InChI=1S/C12H12ClN3O3S/c1-7-8(2)14-12(15-11(7)17)16-20(18,19)10-5-3-9(13)4-6-10/h3-6H,1-2H3,(H2,14,15,16,17). The normalized spacial score (nSPS) is 11.3. The van der Waals surface area contributed by atoms with Gasteiger partial charge < -0.3 is 0 Å². The zero-order valence-corrected chi connectivity index (χ0v) is 12.3. The van der Waals surface area contributed by atoms with Crippen molar-refractivity contribution in [2.45, 2.75) is 18.7 Å². The molecule has 8 heteroatoms. The first kappa shape index (κ1) is 14.5. The van der Waals surface area contributed by atoms with Crippen LogP contribution in [0.4, 0.5) is 5.95 Å². The highest BCUT2D eigenvalue weighted by Crippen LogP contribution is 2.16. The summed E-state index contributed by atoms with van der Waals surface area (Å²) in [6.45, 7) is 3.24. The van der Waals surface area contributed by atoms with E-state index in [-0.39, 0.29) is 16.4 Å². The molecule has 0 saturated carbocycles. The largest absolute Gasteiger partial charge is 0.292 e. The second-order valence-electron chi connectivity index (χ2n) is 4.18. The SMILES string of the molecule is Cc1nc(NS(=O)(=O)c2ccc(Cl)cc2)[nH]c(=O)c1C. The summed E-state index contributed by atoms with van der Waals surface area (Å²) in [5.41, 5.74) is 0.522. The van der Waals surface area contributed by atoms with Gasteiger partial charge in [-0.2, -0.15) is 0 Å². The molecule has 0 aliphatic carbocycles. The molecule has 0 amide bonds. The van der Waals surface area contributed by atoms with E-state index in [1.54, 1.807) is 13.8 Å². The highest BCUT2D eigenvalue weighted by atomic mass is 35.5. The fourth-order valence-electron chi connectivity index (χ4n) is 1.49. The average Bonchev–Trinajstić information content (AvgIpc) is 2.36. The van der Waals surface area contributed by atoms with E-state index in [4.69, 9.17) is 11.6 Å². The maximum absolute atomic E-state index is 12.1. The molecular formula is C12H12ClN3O3S. The molecule has 0 bridgehead atoms. The molecule has 0 saturated heterocycles. The number of H-pyrrole nitrogens is 1. The lowest BCUT2D eigenvalue weighted by molar-refractivity contribution is 0.600. The maximum atomic E-state index is 12.1. The fraction of sp³-hybridized carbons (Fsp3) is 0.167. The Morgan fingerprint density at radius 2 is 1.80 bits per heavy atom. The number of rotatable bonds is 3.